The molecule has 2 N–H and O–H groups in total. The van der Waals surface area contributed by atoms with Crippen molar-refractivity contribution < 1.29 is 14.3 Å². The summed E-state index contributed by atoms with van der Waals surface area (Å²) in [4.78, 5) is 26.6. The van der Waals surface area contributed by atoms with Crippen molar-refractivity contribution in [2.24, 2.45) is 0 Å². The Kier molecular flexibility index (Phi) is 10.6. The van der Waals surface area contributed by atoms with Gasteiger partial charge >= 0.3 is 0 Å². The van der Waals surface area contributed by atoms with E-state index in [-0.39, 0.29) is 11.8 Å². The second kappa shape index (κ2) is 13.2. The summed E-state index contributed by atoms with van der Waals surface area (Å²) >= 11 is 11.9. The van der Waals surface area contributed by atoms with E-state index in [4.69, 9.17) is 27.9 Å². The molecule has 0 fully saturated rings. The lowest BCUT2D eigenvalue weighted by Crippen LogP contribution is -2.34. The van der Waals surface area contributed by atoms with Gasteiger partial charge in [-0.05, 0) is 62.0 Å². The number of halogens is 2. The second-order valence-electron chi connectivity index (χ2n) is 6.94. The Labute approximate surface area is 193 Å². The molecule has 2 rings (SSSR count). The van der Waals surface area contributed by atoms with Crippen LogP contribution in [0.2, 0.25) is 10.0 Å². The Morgan fingerprint density at radius 2 is 1.74 bits per heavy atom. The van der Waals surface area contributed by atoms with Crippen molar-refractivity contribution >= 4 is 40.7 Å². The maximum atomic E-state index is 12.2. The quantitative estimate of drug-likeness (QED) is 0.439. The van der Waals surface area contributed by atoms with Gasteiger partial charge in [-0.3, -0.25) is 9.59 Å². The summed E-state index contributed by atoms with van der Waals surface area (Å²) in [6.07, 6.45) is 0.844. The lowest BCUT2D eigenvalue weighted by Gasteiger charge is -2.18. The first-order valence-corrected chi connectivity index (χ1v) is 11.2. The minimum Gasteiger partial charge on any atom is -0.492 e. The molecule has 8 heteroatoms. The zero-order valence-corrected chi connectivity index (χ0v) is 19.4. The standard InChI is InChI=1S/C23H29Cl2N3O3/c1-3-28(4-2)14-13-26-23(30)17-7-10-19(11-8-17)27-22(29)6-5-15-31-21-12-9-18(24)16-20(21)25/h7-12,16H,3-6,13-15H2,1-2H3,(H,26,30)(H,27,29). The molecule has 2 aromatic rings. The van der Waals surface area contributed by atoms with E-state index in [9.17, 15) is 9.59 Å². The van der Waals surface area contributed by atoms with Crippen molar-refractivity contribution in [3.8, 4) is 5.75 Å². The number of nitrogens with one attached hydrogen (secondary N) is 2. The largest absolute Gasteiger partial charge is 0.492 e. The van der Waals surface area contributed by atoms with Gasteiger partial charge in [0.25, 0.3) is 5.91 Å². The third-order valence-corrected chi connectivity index (χ3v) is 5.27. The normalized spacial score (nSPS) is 10.7. The Morgan fingerprint density at radius 1 is 1.03 bits per heavy atom. The predicted molar refractivity (Wildman–Crippen MR) is 126 cm³/mol. The van der Waals surface area contributed by atoms with E-state index in [1.165, 1.54) is 0 Å². The number of nitrogens with zero attached hydrogens (tertiary/aromatic N) is 1. The molecule has 0 spiro atoms. The molecule has 0 saturated carbocycles. The first kappa shape index (κ1) is 25.0. The van der Waals surface area contributed by atoms with Gasteiger partial charge in [0.1, 0.15) is 5.75 Å². The van der Waals surface area contributed by atoms with Gasteiger partial charge in [0.15, 0.2) is 0 Å². The lowest BCUT2D eigenvalue weighted by molar-refractivity contribution is -0.116. The van der Waals surface area contributed by atoms with Crippen molar-refractivity contribution in [1.82, 2.24) is 10.2 Å². The van der Waals surface area contributed by atoms with Crippen LogP contribution in [0.3, 0.4) is 0 Å². The summed E-state index contributed by atoms with van der Waals surface area (Å²) < 4.78 is 5.58. The summed E-state index contributed by atoms with van der Waals surface area (Å²) in [7, 11) is 0. The van der Waals surface area contributed by atoms with Gasteiger partial charge in [0.2, 0.25) is 5.91 Å². The van der Waals surface area contributed by atoms with Crippen LogP contribution in [0.5, 0.6) is 5.75 Å². The summed E-state index contributed by atoms with van der Waals surface area (Å²) in [5.41, 5.74) is 1.21. The van der Waals surface area contributed by atoms with Crippen LogP contribution in [0.1, 0.15) is 37.0 Å². The van der Waals surface area contributed by atoms with Gasteiger partial charge in [-0.1, -0.05) is 37.0 Å². The van der Waals surface area contributed by atoms with Crippen molar-refractivity contribution in [3.05, 3.63) is 58.1 Å². The number of likely N-dealkylation sites (N-methyl/N-ethyl adjacent to an activating group) is 1. The molecule has 0 radical (unpaired) electrons. The van der Waals surface area contributed by atoms with Crippen molar-refractivity contribution in [1.29, 1.82) is 0 Å². The minimum atomic E-state index is -0.123. The SMILES string of the molecule is CCN(CC)CCNC(=O)c1ccc(NC(=O)CCCOc2ccc(Cl)cc2Cl)cc1. The zero-order chi connectivity index (χ0) is 22.6. The highest BCUT2D eigenvalue weighted by molar-refractivity contribution is 6.35. The topological polar surface area (TPSA) is 70.7 Å². The van der Waals surface area contributed by atoms with E-state index in [0.29, 0.717) is 53.0 Å². The molecule has 2 aromatic carbocycles. The van der Waals surface area contributed by atoms with E-state index in [0.717, 1.165) is 19.6 Å². The Bertz CT molecular complexity index is 856. The smallest absolute Gasteiger partial charge is 0.251 e. The Hall–Kier alpha value is -2.28. The van der Waals surface area contributed by atoms with E-state index >= 15 is 0 Å². The third kappa shape index (κ3) is 8.77. The molecule has 0 saturated heterocycles. The zero-order valence-electron chi connectivity index (χ0n) is 17.9. The van der Waals surface area contributed by atoms with Crippen molar-refractivity contribution in [3.63, 3.8) is 0 Å². The highest BCUT2D eigenvalue weighted by atomic mass is 35.5. The molecule has 31 heavy (non-hydrogen) atoms. The van der Waals surface area contributed by atoms with Crippen LogP contribution < -0.4 is 15.4 Å². The van der Waals surface area contributed by atoms with Crippen LogP contribution in [0, 0.1) is 0 Å². The molecule has 2 amide bonds. The van der Waals surface area contributed by atoms with E-state index in [1.807, 2.05) is 0 Å². The van der Waals surface area contributed by atoms with E-state index in [1.54, 1.807) is 42.5 Å². The van der Waals surface area contributed by atoms with Crippen molar-refractivity contribution in [2.75, 3.05) is 38.1 Å². The number of hydrogen-bond acceptors (Lipinski definition) is 4. The number of carbonyl (C=O) groups is 2. The summed E-state index contributed by atoms with van der Waals surface area (Å²) in [5, 5.41) is 6.72. The Morgan fingerprint density at radius 3 is 2.39 bits per heavy atom. The molecule has 0 bridgehead atoms. The van der Waals surface area contributed by atoms with Crippen LogP contribution in [0.15, 0.2) is 42.5 Å². The van der Waals surface area contributed by atoms with Crippen molar-refractivity contribution in [2.45, 2.75) is 26.7 Å². The Balaban J connectivity index is 1.70. The predicted octanol–water partition coefficient (Wildman–Crippen LogP) is 4.86. The van der Waals surface area contributed by atoms with Gasteiger partial charge in [0, 0.05) is 35.8 Å². The number of benzene rings is 2. The average Bonchev–Trinajstić information content (AvgIpc) is 2.76. The first-order chi connectivity index (χ1) is 14.9. The van der Waals surface area contributed by atoms with E-state index in [2.05, 4.69) is 29.4 Å². The first-order valence-electron chi connectivity index (χ1n) is 10.4. The van der Waals surface area contributed by atoms with Gasteiger partial charge in [-0.2, -0.15) is 0 Å². The maximum absolute atomic E-state index is 12.2. The summed E-state index contributed by atoms with van der Waals surface area (Å²) in [5.74, 6) is 0.294. The van der Waals surface area contributed by atoms with Crippen LogP contribution >= 0.6 is 23.2 Å². The maximum Gasteiger partial charge on any atom is 0.251 e. The van der Waals surface area contributed by atoms with Gasteiger partial charge in [-0.15, -0.1) is 0 Å². The van der Waals surface area contributed by atoms with Crippen LogP contribution in [-0.4, -0.2) is 49.5 Å². The van der Waals surface area contributed by atoms with Gasteiger partial charge in [0.05, 0.1) is 11.6 Å². The molecule has 0 aliphatic rings. The molecule has 0 aliphatic carbocycles. The number of carbonyl (C=O) groups excluding carboxylic acids is 2. The fourth-order valence-corrected chi connectivity index (χ4v) is 3.37. The lowest BCUT2D eigenvalue weighted by atomic mass is 10.2. The summed E-state index contributed by atoms with van der Waals surface area (Å²) in [6.45, 7) is 7.90. The molecular formula is C23H29Cl2N3O3. The minimum absolute atomic E-state index is 0.122. The number of hydrogen-bond donors (Lipinski definition) is 2. The molecule has 168 valence electrons. The average molecular weight is 466 g/mol. The number of amides is 2. The fourth-order valence-electron chi connectivity index (χ4n) is 2.90. The molecule has 0 unspecified atom stereocenters. The third-order valence-electron chi connectivity index (χ3n) is 4.74. The highest BCUT2D eigenvalue weighted by Crippen LogP contribution is 2.27. The highest BCUT2D eigenvalue weighted by Gasteiger charge is 2.08. The van der Waals surface area contributed by atoms with Crippen LogP contribution in [-0.2, 0) is 4.79 Å². The van der Waals surface area contributed by atoms with E-state index < -0.39 is 0 Å². The van der Waals surface area contributed by atoms with Gasteiger partial charge in [-0.25, -0.2) is 0 Å². The number of rotatable bonds is 12. The van der Waals surface area contributed by atoms with Gasteiger partial charge < -0.3 is 20.3 Å². The fraction of sp³-hybridized carbons (Fsp3) is 0.391. The molecule has 6 nitrogen and oxygen atoms in total. The monoisotopic (exact) mass is 465 g/mol. The molecule has 0 heterocycles. The molecule has 0 aromatic heterocycles. The molecule has 0 atom stereocenters. The second-order valence-corrected chi connectivity index (χ2v) is 7.78. The number of ether oxygens (including phenoxy) is 1. The van der Waals surface area contributed by atoms with Crippen LogP contribution in [0.25, 0.3) is 0 Å². The number of anilines is 1. The molecular weight excluding hydrogens is 437 g/mol. The summed E-state index contributed by atoms with van der Waals surface area (Å²) in [6, 6.07) is 11.9. The molecule has 0 aliphatic heterocycles. The van der Waals surface area contributed by atoms with Crippen LogP contribution in [0.4, 0.5) is 5.69 Å².